The van der Waals surface area contributed by atoms with Crippen molar-refractivity contribution in [2.45, 2.75) is 18.2 Å². The Morgan fingerprint density at radius 3 is 2.65 bits per heavy atom. The number of hydrogen-bond donors (Lipinski definition) is 1. The first kappa shape index (κ1) is 18.5. The first-order valence-electron chi connectivity index (χ1n) is 8.41. The molecule has 1 heterocycles. The van der Waals surface area contributed by atoms with Crippen molar-refractivity contribution in [3.63, 3.8) is 0 Å². The van der Waals surface area contributed by atoms with Crippen molar-refractivity contribution in [3.8, 4) is 17.0 Å². The normalized spacial score (nSPS) is 10.5. The molecule has 0 atom stereocenters. The lowest BCUT2D eigenvalue weighted by Crippen LogP contribution is -2.13. The van der Waals surface area contributed by atoms with E-state index in [1.54, 1.807) is 0 Å². The van der Waals surface area contributed by atoms with E-state index in [9.17, 15) is 4.79 Å². The van der Waals surface area contributed by atoms with Crippen LogP contribution in [0.2, 0.25) is 0 Å². The Hall–Kier alpha value is -2.31. The molecule has 4 nitrogen and oxygen atoms in total. The predicted molar refractivity (Wildman–Crippen MR) is 109 cm³/mol. The Morgan fingerprint density at radius 1 is 1.15 bits per heavy atom. The summed E-state index contributed by atoms with van der Waals surface area (Å²) in [5.74, 6) is 1.17. The topological polar surface area (TPSA) is 51.2 Å². The smallest absolute Gasteiger partial charge is 0.236 e. The minimum atomic E-state index is -0.0527. The van der Waals surface area contributed by atoms with Crippen LogP contribution in [0.3, 0.4) is 0 Å². The molecule has 0 unspecified atom stereocenters. The van der Waals surface area contributed by atoms with Crippen LogP contribution in [0.5, 0.6) is 5.75 Å². The molecule has 3 aromatic rings. The van der Waals surface area contributed by atoms with Gasteiger partial charge in [0.05, 0.1) is 18.1 Å². The molecule has 0 saturated heterocycles. The zero-order chi connectivity index (χ0) is 18.2. The van der Waals surface area contributed by atoms with Gasteiger partial charge in [-0.25, -0.2) is 4.98 Å². The number of nitrogens with one attached hydrogen (secondary N) is 1. The van der Waals surface area contributed by atoms with Gasteiger partial charge in [-0.2, -0.15) is 0 Å². The number of hydrogen-bond acceptors (Lipinski definition) is 5. The van der Waals surface area contributed by atoms with Crippen LogP contribution in [0, 0.1) is 0 Å². The molecule has 26 heavy (non-hydrogen) atoms. The fourth-order valence-electron chi connectivity index (χ4n) is 2.23. The van der Waals surface area contributed by atoms with Gasteiger partial charge >= 0.3 is 0 Å². The second-order valence-corrected chi connectivity index (χ2v) is 7.47. The lowest BCUT2D eigenvalue weighted by atomic mass is 10.2. The molecular weight excluding hydrogens is 364 g/mol. The Morgan fingerprint density at radius 2 is 1.92 bits per heavy atom. The van der Waals surface area contributed by atoms with Gasteiger partial charge in [-0.05, 0) is 42.8 Å². The van der Waals surface area contributed by atoms with Crippen LogP contribution in [0.15, 0.2) is 64.9 Å². The van der Waals surface area contributed by atoms with E-state index >= 15 is 0 Å². The number of thioether (sulfide) groups is 1. The minimum Gasteiger partial charge on any atom is -0.494 e. The third-order valence-electron chi connectivity index (χ3n) is 3.49. The fraction of sp³-hybridized carbons (Fsp3) is 0.200. The summed E-state index contributed by atoms with van der Waals surface area (Å²) in [4.78, 5) is 17.7. The molecule has 0 bridgehead atoms. The third-order valence-corrected chi connectivity index (χ3v) is 5.26. The molecule has 0 spiro atoms. The number of amides is 1. The number of nitrogens with zero attached hydrogens (tertiary/aromatic N) is 1. The van der Waals surface area contributed by atoms with Crippen molar-refractivity contribution >= 4 is 34.1 Å². The average Bonchev–Trinajstić information content (AvgIpc) is 3.14. The fourth-order valence-corrected chi connectivity index (χ4v) is 3.68. The van der Waals surface area contributed by atoms with E-state index in [1.165, 1.54) is 23.1 Å². The van der Waals surface area contributed by atoms with Crippen molar-refractivity contribution in [1.82, 2.24) is 4.98 Å². The number of rotatable bonds is 8. The number of benzene rings is 2. The largest absolute Gasteiger partial charge is 0.494 e. The van der Waals surface area contributed by atoms with Gasteiger partial charge < -0.3 is 10.1 Å². The molecule has 1 N–H and O–H groups in total. The zero-order valence-electron chi connectivity index (χ0n) is 14.5. The van der Waals surface area contributed by atoms with E-state index in [4.69, 9.17) is 4.74 Å². The summed E-state index contributed by atoms with van der Waals surface area (Å²) in [6, 6.07) is 17.7. The molecule has 0 aliphatic heterocycles. The van der Waals surface area contributed by atoms with Crippen LogP contribution in [-0.2, 0) is 4.79 Å². The molecule has 0 radical (unpaired) electrons. The predicted octanol–water partition coefficient (Wildman–Crippen LogP) is 5.33. The van der Waals surface area contributed by atoms with Crippen molar-refractivity contribution in [1.29, 1.82) is 0 Å². The second kappa shape index (κ2) is 9.40. The SMILES string of the molecule is CCCOc1ccc(-c2csc(NC(=O)CSc3ccccc3)n2)cc1. The first-order chi connectivity index (χ1) is 12.7. The van der Waals surface area contributed by atoms with Gasteiger partial charge in [0.25, 0.3) is 0 Å². The van der Waals surface area contributed by atoms with Gasteiger partial charge in [0.15, 0.2) is 5.13 Å². The van der Waals surface area contributed by atoms with E-state index in [1.807, 2.05) is 60.0 Å². The molecular formula is C20H20N2O2S2. The van der Waals surface area contributed by atoms with E-state index in [2.05, 4.69) is 17.2 Å². The monoisotopic (exact) mass is 384 g/mol. The highest BCUT2D eigenvalue weighted by atomic mass is 32.2. The van der Waals surface area contributed by atoms with Crippen LogP contribution >= 0.6 is 23.1 Å². The van der Waals surface area contributed by atoms with Gasteiger partial charge in [0.1, 0.15) is 5.75 Å². The van der Waals surface area contributed by atoms with Crippen LogP contribution in [0.1, 0.15) is 13.3 Å². The summed E-state index contributed by atoms with van der Waals surface area (Å²) >= 11 is 2.94. The molecule has 2 aromatic carbocycles. The maximum atomic E-state index is 12.1. The number of aromatic nitrogens is 1. The average molecular weight is 385 g/mol. The second-order valence-electron chi connectivity index (χ2n) is 5.56. The van der Waals surface area contributed by atoms with Gasteiger partial charge in [-0.15, -0.1) is 23.1 Å². The van der Waals surface area contributed by atoms with Crippen molar-refractivity contribution in [2.75, 3.05) is 17.7 Å². The molecule has 0 fully saturated rings. The maximum Gasteiger partial charge on any atom is 0.236 e. The quantitative estimate of drug-likeness (QED) is 0.533. The standard InChI is InChI=1S/C20H20N2O2S2/c1-2-12-24-16-10-8-15(9-11-16)18-13-26-20(21-18)22-19(23)14-25-17-6-4-3-5-7-17/h3-11,13H,2,12,14H2,1H3,(H,21,22,23). The Bertz CT molecular complexity index is 833. The summed E-state index contributed by atoms with van der Waals surface area (Å²) in [6.07, 6.45) is 0.986. The minimum absolute atomic E-state index is 0.0527. The lowest BCUT2D eigenvalue weighted by molar-refractivity contribution is -0.113. The van der Waals surface area contributed by atoms with Crippen molar-refractivity contribution < 1.29 is 9.53 Å². The highest BCUT2D eigenvalue weighted by Gasteiger charge is 2.09. The summed E-state index contributed by atoms with van der Waals surface area (Å²) in [5, 5.41) is 5.43. The number of carbonyl (C=O) groups excluding carboxylic acids is 1. The van der Waals surface area contributed by atoms with E-state index in [0.29, 0.717) is 17.5 Å². The number of thiazole rings is 1. The molecule has 0 aliphatic carbocycles. The first-order valence-corrected chi connectivity index (χ1v) is 10.3. The highest BCUT2D eigenvalue weighted by molar-refractivity contribution is 8.00. The Labute approximate surface area is 161 Å². The van der Waals surface area contributed by atoms with E-state index in [-0.39, 0.29) is 5.91 Å². The van der Waals surface area contributed by atoms with E-state index in [0.717, 1.165) is 28.3 Å². The summed E-state index contributed by atoms with van der Waals surface area (Å²) in [6.45, 7) is 2.80. The third kappa shape index (κ3) is 5.34. The summed E-state index contributed by atoms with van der Waals surface area (Å²) < 4.78 is 5.59. The number of carbonyl (C=O) groups is 1. The lowest BCUT2D eigenvalue weighted by Gasteiger charge is -2.04. The number of ether oxygens (including phenoxy) is 1. The maximum absolute atomic E-state index is 12.1. The molecule has 3 rings (SSSR count). The molecule has 1 aromatic heterocycles. The van der Waals surface area contributed by atoms with Crippen molar-refractivity contribution in [3.05, 3.63) is 60.0 Å². The van der Waals surface area contributed by atoms with Gasteiger partial charge in [-0.3, -0.25) is 4.79 Å². The van der Waals surface area contributed by atoms with Gasteiger partial charge in [0.2, 0.25) is 5.91 Å². The highest BCUT2D eigenvalue weighted by Crippen LogP contribution is 2.27. The van der Waals surface area contributed by atoms with Gasteiger partial charge in [-0.1, -0.05) is 25.1 Å². The van der Waals surface area contributed by atoms with Crippen LogP contribution < -0.4 is 10.1 Å². The Kier molecular flexibility index (Phi) is 6.68. The van der Waals surface area contributed by atoms with Crippen LogP contribution in [0.4, 0.5) is 5.13 Å². The molecule has 0 saturated carbocycles. The molecule has 134 valence electrons. The molecule has 0 aliphatic rings. The van der Waals surface area contributed by atoms with Crippen LogP contribution in [-0.4, -0.2) is 23.3 Å². The molecule has 1 amide bonds. The van der Waals surface area contributed by atoms with E-state index < -0.39 is 0 Å². The number of anilines is 1. The summed E-state index contributed by atoms with van der Waals surface area (Å²) in [7, 11) is 0. The Balaban J connectivity index is 1.54. The summed E-state index contributed by atoms with van der Waals surface area (Å²) in [5.41, 5.74) is 1.85. The zero-order valence-corrected chi connectivity index (χ0v) is 16.1. The van der Waals surface area contributed by atoms with Crippen LogP contribution in [0.25, 0.3) is 11.3 Å². The van der Waals surface area contributed by atoms with Gasteiger partial charge in [0, 0.05) is 15.8 Å². The van der Waals surface area contributed by atoms with Crippen molar-refractivity contribution in [2.24, 2.45) is 0 Å². The molecule has 6 heteroatoms.